The van der Waals surface area contributed by atoms with Crippen LogP contribution in [0.4, 0.5) is 4.39 Å². The highest BCUT2D eigenvalue weighted by atomic mass is 35.5. The maximum absolute atomic E-state index is 14.0. The average molecular weight is 425 g/mol. The molecule has 0 unspecified atom stereocenters. The van der Waals surface area contributed by atoms with Crippen LogP contribution in [0.15, 0.2) is 47.4 Å². The Balaban J connectivity index is 1.69. The fourth-order valence-corrected chi connectivity index (χ4v) is 4.72. The van der Waals surface area contributed by atoms with Gasteiger partial charge in [0.05, 0.1) is 10.5 Å². The van der Waals surface area contributed by atoms with E-state index in [-0.39, 0.29) is 41.7 Å². The lowest BCUT2D eigenvalue weighted by Crippen LogP contribution is -2.50. The predicted octanol–water partition coefficient (Wildman–Crippen LogP) is 3.75. The number of halogens is 2. The van der Waals surface area contributed by atoms with E-state index in [0.717, 1.165) is 11.6 Å². The number of carbonyl (C=O) groups is 1. The number of hydrogen-bond acceptors (Lipinski definition) is 3. The number of benzene rings is 2. The number of rotatable bonds is 4. The van der Waals surface area contributed by atoms with Gasteiger partial charge in [0.25, 0.3) is 5.91 Å². The molecule has 0 atom stereocenters. The number of hydrogen-bond donors (Lipinski definition) is 0. The van der Waals surface area contributed by atoms with E-state index in [1.165, 1.54) is 21.3 Å². The first-order valence-electron chi connectivity index (χ1n) is 9.04. The van der Waals surface area contributed by atoms with Crippen LogP contribution in [0.25, 0.3) is 0 Å². The summed E-state index contributed by atoms with van der Waals surface area (Å²) in [7, 11) is -3.63. The van der Waals surface area contributed by atoms with Gasteiger partial charge in [-0.25, -0.2) is 12.8 Å². The minimum atomic E-state index is -3.63. The van der Waals surface area contributed by atoms with Crippen molar-refractivity contribution in [3.63, 3.8) is 0 Å². The standard InChI is InChI=1S/C20H22ClFN2O3S/c1-14(2)15-3-6-17(7-4-15)28(26,27)24-11-9-23(10-12-24)20(25)18-8-5-16(21)13-19(18)22/h3-8,13-14H,9-12H2,1-2H3. The highest BCUT2D eigenvalue weighted by molar-refractivity contribution is 7.89. The molecule has 1 aliphatic rings. The molecule has 0 spiro atoms. The highest BCUT2D eigenvalue weighted by Gasteiger charge is 2.31. The molecule has 1 aliphatic heterocycles. The third kappa shape index (κ3) is 4.21. The molecule has 150 valence electrons. The predicted molar refractivity (Wildman–Crippen MR) is 107 cm³/mol. The molecule has 1 amide bonds. The third-order valence-corrected chi connectivity index (χ3v) is 7.02. The first kappa shape index (κ1) is 20.8. The maximum atomic E-state index is 14.0. The summed E-state index contributed by atoms with van der Waals surface area (Å²) >= 11 is 5.72. The van der Waals surface area contributed by atoms with Crippen molar-refractivity contribution in [2.45, 2.75) is 24.7 Å². The van der Waals surface area contributed by atoms with Crippen LogP contribution in [-0.4, -0.2) is 49.7 Å². The lowest BCUT2D eigenvalue weighted by molar-refractivity contribution is 0.0693. The van der Waals surface area contributed by atoms with Crippen molar-refractivity contribution in [3.05, 3.63) is 64.4 Å². The van der Waals surface area contributed by atoms with E-state index < -0.39 is 21.7 Å². The molecule has 0 bridgehead atoms. The fourth-order valence-electron chi connectivity index (χ4n) is 3.14. The zero-order valence-corrected chi connectivity index (χ0v) is 17.3. The van der Waals surface area contributed by atoms with Crippen LogP contribution in [0.3, 0.4) is 0 Å². The largest absolute Gasteiger partial charge is 0.336 e. The summed E-state index contributed by atoms with van der Waals surface area (Å²) in [5.74, 6) is -0.829. The van der Waals surface area contributed by atoms with Crippen molar-refractivity contribution in [3.8, 4) is 0 Å². The fraction of sp³-hybridized carbons (Fsp3) is 0.350. The van der Waals surface area contributed by atoms with Gasteiger partial charge in [-0.05, 0) is 41.8 Å². The molecular weight excluding hydrogens is 403 g/mol. The van der Waals surface area contributed by atoms with E-state index in [0.29, 0.717) is 5.92 Å². The molecule has 0 aliphatic carbocycles. The van der Waals surface area contributed by atoms with Crippen molar-refractivity contribution in [2.24, 2.45) is 0 Å². The molecule has 8 heteroatoms. The Morgan fingerprint density at radius 2 is 1.64 bits per heavy atom. The van der Waals surface area contributed by atoms with Crippen molar-refractivity contribution in [2.75, 3.05) is 26.2 Å². The van der Waals surface area contributed by atoms with Crippen LogP contribution >= 0.6 is 11.6 Å². The summed E-state index contributed by atoms with van der Waals surface area (Å²) in [4.78, 5) is 14.2. The summed E-state index contributed by atoms with van der Waals surface area (Å²) in [5.41, 5.74) is 1.00. The van der Waals surface area contributed by atoms with Gasteiger partial charge in [-0.15, -0.1) is 0 Å². The smallest absolute Gasteiger partial charge is 0.256 e. The van der Waals surface area contributed by atoms with Gasteiger partial charge in [0.2, 0.25) is 10.0 Å². The van der Waals surface area contributed by atoms with Crippen molar-refractivity contribution < 1.29 is 17.6 Å². The Labute approximate surface area is 169 Å². The second-order valence-corrected chi connectivity index (χ2v) is 9.42. The molecule has 0 saturated carbocycles. The minimum Gasteiger partial charge on any atom is -0.336 e. The van der Waals surface area contributed by atoms with Gasteiger partial charge in [-0.3, -0.25) is 4.79 Å². The molecule has 1 saturated heterocycles. The van der Waals surface area contributed by atoms with Gasteiger partial charge >= 0.3 is 0 Å². The van der Waals surface area contributed by atoms with E-state index in [4.69, 9.17) is 11.6 Å². The van der Waals surface area contributed by atoms with Crippen LogP contribution in [0.2, 0.25) is 5.02 Å². The Hall–Kier alpha value is -1.96. The minimum absolute atomic E-state index is 0.0648. The van der Waals surface area contributed by atoms with Gasteiger partial charge in [0.1, 0.15) is 5.82 Å². The number of amides is 1. The molecule has 0 radical (unpaired) electrons. The number of sulfonamides is 1. The summed E-state index contributed by atoms with van der Waals surface area (Å²) < 4.78 is 41.1. The van der Waals surface area contributed by atoms with E-state index in [1.807, 2.05) is 26.0 Å². The molecule has 0 N–H and O–H groups in total. The first-order chi connectivity index (χ1) is 13.2. The lowest BCUT2D eigenvalue weighted by atomic mass is 10.0. The molecule has 5 nitrogen and oxygen atoms in total. The van der Waals surface area contributed by atoms with Crippen LogP contribution in [0, 0.1) is 5.82 Å². The molecule has 3 rings (SSSR count). The molecular formula is C20H22ClFN2O3S. The second-order valence-electron chi connectivity index (χ2n) is 7.04. The van der Waals surface area contributed by atoms with Gasteiger partial charge < -0.3 is 4.90 Å². The summed E-state index contributed by atoms with van der Waals surface area (Å²) in [6.45, 7) is 4.81. The van der Waals surface area contributed by atoms with E-state index >= 15 is 0 Å². The third-order valence-electron chi connectivity index (χ3n) is 4.87. The van der Waals surface area contributed by atoms with E-state index in [1.54, 1.807) is 12.1 Å². The Bertz CT molecular complexity index is 969. The summed E-state index contributed by atoms with van der Waals surface area (Å²) in [6.07, 6.45) is 0. The van der Waals surface area contributed by atoms with Crippen molar-refractivity contribution in [1.82, 2.24) is 9.21 Å². The Kier molecular flexibility index (Phi) is 6.07. The van der Waals surface area contributed by atoms with E-state index in [9.17, 15) is 17.6 Å². The molecule has 2 aromatic rings. The molecule has 2 aromatic carbocycles. The van der Waals surface area contributed by atoms with Crippen molar-refractivity contribution in [1.29, 1.82) is 0 Å². The monoisotopic (exact) mass is 424 g/mol. The molecule has 1 fully saturated rings. The first-order valence-corrected chi connectivity index (χ1v) is 10.9. The maximum Gasteiger partial charge on any atom is 0.256 e. The van der Waals surface area contributed by atoms with Gasteiger partial charge in [0.15, 0.2) is 0 Å². The van der Waals surface area contributed by atoms with Crippen LogP contribution < -0.4 is 0 Å². The van der Waals surface area contributed by atoms with Gasteiger partial charge in [0, 0.05) is 31.2 Å². The zero-order chi connectivity index (χ0) is 20.5. The van der Waals surface area contributed by atoms with Crippen LogP contribution in [-0.2, 0) is 10.0 Å². The zero-order valence-electron chi connectivity index (χ0n) is 15.7. The van der Waals surface area contributed by atoms with Gasteiger partial charge in [-0.1, -0.05) is 37.6 Å². The van der Waals surface area contributed by atoms with Crippen LogP contribution in [0.5, 0.6) is 0 Å². The number of piperazine rings is 1. The number of carbonyl (C=O) groups excluding carboxylic acids is 1. The average Bonchev–Trinajstić information content (AvgIpc) is 2.67. The SMILES string of the molecule is CC(C)c1ccc(S(=O)(=O)N2CCN(C(=O)c3ccc(Cl)cc3F)CC2)cc1. The number of nitrogens with zero attached hydrogens (tertiary/aromatic N) is 2. The topological polar surface area (TPSA) is 57.7 Å². The van der Waals surface area contributed by atoms with Crippen LogP contribution in [0.1, 0.15) is 35.7 Å². The molecule has 28 heavy (non-hydrogen) atoms. The quantitative estimate of drug-likeness (QED) is 0.751. The van der Waals surface area contributed by atoms with E-state index in [2.05, 4.69) is 0 Å². The summed E-state index contributed by atoms with van der Waals surface area (Å²) in [5, 5.41) is 0.216. The Morgan fingerprint density at radius 1 is 1.04 bits per heavy atom. The summed E-state index contributed by atoms with van der Waals surface area (Å²) in [6, 6.07) is 10.8. The molecule has 1 heterocycles. The molecule has 0 aromatic heterocycles. The van der Waals surface area contributed by atoms with Crippen molar-refractivity contribution >= 4 is 27.5 Å². The lowest BCUT2D eigenvalue weighted by Gasteiger charge is -2.34. The van der Waals surface area contributed by atoms with Gasteiger partial charge in [-0.2, -0.15) is 4.31 Å². The normalized spacial score (nSPS) is 15.8. The Morgan fingerprint density at radius 3 is 2.18 bits per heavy atom. The second kappa shape index (κ2) is 8.19. The highest BCUT2D eigenvalue weighted by Crippen LogP contribution is 2.22.